The highest BCUT2D eigenvalue weighted by atomic mass is 16.5. The fraction of sp³-hybridized carbons (Fsp3) is 1.00. The minimum Gasteiger partial charge on any atom is -0.315 e. The van der Waals surface area contributed by atoms with Crippen LogP contribution in [0.3, 0.4) is 0 Å². The van der Waals surface area contributed by atoms with Gasteiger partial charge in [-0.05, 0) is 0 Å². The van der Waals surface area contributed by atoms with Gasteiger partial charge in [0, 0.05) is 6.42 Å². The predicted octanol–water partition coefficient (Wildman–Crippen LogP) is -0.824. The maximum absolute atomic E-state index is 8.14. The van der Waals surface area contributed by atoms with Gasteiger partial charge in [-0.25, -0.2) is 0 Å². The fourth-order valence-electron chi connectivity index (χ4n) is 0.379. The van der Waals surface area contributed by atoms with Crippen molar-refractivity contribution in [1.82, 2.24) is 11.0 Å². The van der Waals surface area contributed by atoms with Crippen LogP contribution in [0.4, 0.5) is 0 Å². The van der Waals surface area contributed by atoms with Gasteiger partial charge in [0.2, 0.25) is 0 Å². The summed E-state index contributed by atoms with van der Waals surface area (Å²) in [6.45, 7) is 0. The molecule has 11 heavy (non-hydrogen) atoms. The molecule has 0 fully saturated rings. The maximum atomic E-state index is 8.14. The van der Waals surface area contributed by atoms with Gasteiger partial charge < -0.3 is 21.9 Å². The summed E-state index contributed by atoms with van der Waals surface area (Å²) < 4.78 is 0. The van der Waals surface area contributed by atoms with Crippen LogP contribution in [-0.2, 0) is 0 Å². The molecule has 2 unspecified atom stereocenters. The summed E-state index contributed by atoms with van der Waals surface area (Å²) in [6.07, 6.45) is -0.980. The molecule has 0 spiro atoms. The van der Waals surface area contributed by atoms with Crippen molar-refractivity contribution >= 4 is 0 Å². The first-order valence-corrected chi connectivity index (χ1v) is 2.51. The molecule has 0 amide bonds. The molecule has 0 aliphatic carbocycles. The van der Waals surface area contributed by atoms with E-state index in [1.54, 1.807) is 11.0 Å². The molecule has 0 saturated heterocycles. The monoisotopic (exact) mass is 168 g/mol. The molecule has 72 valence electrons. The van der Waals surface area contributed by atoms with Gasteiger partial charge in [0.15, 0.2) is 0 Å². The summed E-state index contributed by atoms with van der Waals surface area (Å²) in [5, 5.41) is 16.3. The Balaban J connectivity index is -0.000000320. The van der Waals surface area contributed by atoms with E-state index >= 15 is 0 Å². The number of nitrogens with one attached hydrogen (secondary N) is 2. The summed E-state index contributed by atoms with van der Waals surface area (Å²) in [5.74, 6) is 0. The van der Waals surface area contributed by atoms with Gasteiger partial charge in [-0.15, -0.1) is 0 Å². The van der Waals surface area contributed by atoms with Gasteiger partial charge in [0.25, 0.3) is 0 Å². The second kappa shape index (κ2) is 9.76. The van der Waals surface area contributed by atoms with Crippen molar-refractivity contribution in [2.75, 3.05) is 0 Å². The van der Waals surface area contributed by atoms with Crippen molar-refractivity contribution in [3.63, 3.8) is 0 Å². The zero-order chi connectivity index (χ0) is 7.28. The van der Waals surface area contributed by atoms with Crippen LogP contribution in [0.25, 0.3) is 0 Å². The average molecular weight is 168 g/mol. The third kappa shape index (κ3) is 9.76. The van der Waals surface area contributed by atoms with Crippen LogP contribution >= 0.6 is 0 Å². The van der Waals surface area contributed by atoms with Crippen LogP contribution in [0.2, 0.25) is 0 Å². The van der Waals surface area contributed by atoms with E-state index in [1.807, 2.05) is 0 Å². The van der Waals surface area contributed by atoms with Gasteiger partial charge in [-0.1, -0.05) is 14.9 Å². The molecule has 6 heteroatoms. The molecule has 0 radical (unpaired) electrons. The zero-order valence-electron chi connectivity index (χ0n) is 4.91. The largest absolute Gasteiger partial charge is 0.315 e. The Morgan fingerprint density at radius 2 is 1.27 bits per heavy atom. The molecular formula is C5H20N4O2. The van der Waals surface area contributed by atoms with Gasteiger partial charge >= 0.3 is 0 Å². The summed E-state index contributed by atoms with van der Waals surface area (Å²) >= 11 is 0. The van der Waals surface area contributed by atoms with Crippen LogP contribution in [0.15, 0.2) is 0 Å². The summed E-state index contributed by atoms with van der Waals surface area (Å²) in [7, 11) is 0. The zero-order valence-corrected chi connectivity index (χ0v) is 4.91. The van der Waals surface area contributed by atoms with Crippen molar-refractivity contribution in [1.29, 1.82) is 0 Å². The van der Waals surface area contributed by atoms with E-state index in [-0.39, 0.29) is 21.3 Å². The summed E-state index contributed by atoms with van der Waals surface area (Å²) in [4.78, 5) is 0. The highest BCUT2D eigenvalue weighted by Crippen LogP contribution is 1.83. The van der Waals surface area contributed by atoms with E-state index in [1.165, 1.54) is 0 Å². The second-order valence-electron chi connectivity index (χ2n) is 1.71. The third-order valence-corrected chi connectivity index (χ3v) is 0.840. The Labute approximate surface area is 67.5 Å². The van der Waals surface area contributed by atoms with Crippen LogP contribution in [0.5, 0.6) is 0 Å². The SMILES string of the molecule is C.C.NC(CC(N)NO)NO. The molecule has 2 atom stereocenters. The molecular weight excluding hydrogens is 148 g/mol. The lowest BCUT2D eigenvalue weighted by molar-refractivity contribution is 0.0853. The molecule has 0 saturated carbocycles. The highest BCUT2D eigenvalue weighted by Gasteiger charge is 2.05. The second-order valence-corrected chi connectivity index (χ2v) is 1.71. The third-order valence-electron chi connectivity index (χ3n) is 0.840. The molecule has 0 aromatic carbocycles. The molecule has 0 aromatic rings. The van der Waals surface area contributed by atoms with Crippen molar-refractivity contribution < 1.29 is 10.4 Å². The molecule has 0 aliphatic heterocycles. The number of nitrogens with two attached hydrogens (primary N) is 2. The smallest absolute Gasteiger partial charge is 0.0813 e. The first kappa shape index (κ1) is 17.0. The number of rotatable bonds is 4. The Morgan fingerprint density at radius 1 is 1.00 bits per heavy atom. The molecule has 0 aromatic heterocycles. The molecule has 0 heterocycles. The Hall–Kier alpha value is -0.240. The molecule has 6 nitrogen and oxygen atoms in total. The normalized spacial score (nSPS) is 14.2. The Morgan fingerprint density at radius 3 is 1.45 bits per heavy atom. The van der Waals surface area contributed by atoms with Gasteiger partial charge in [-0.3, -0.25) is 0 Å². The van der Waals surface area contributed by atoms with Gasteiger partial charge in [0.05, 0.1) is 12.3 Å². The van der Waals surface area contributed by atoms with Crippen LogP contribution in [0, 0.1) is 0 Å². The Bertz CT molecular complexity index is 65.5. The fourth-order valence-corrected chi connectivity index (χ4v) is 0.379. The van der Waals surface area contributed by atoms with Crippen LogP contribution in [0.1, 0.15) is 21.3 Å². The van der Waals surface area contributed by atoms with E-state index in [0.717, 1.165) is 0 Å². The van der Waals surface area contributed by atoms with Crippen molar-refractivity contribution in [3.05, 3.63) is 0 Å². The van der Waals surface area contributed by atoms with Crippen molar-refractivity contribution in [2.24, 2.45) is 11.5 Å². The van der Waals surface area contributed by atoms with E-state index in [9.17, 15) is 0 Å². The van der Waals surface area contributed by atoms with E-state index in [4.69, 9.17) is 21.9 Å². The minimum atomic E-state index is -0.611. The molecule has 0 bridgehead atoms. The number of hydrogen-bond donors (Lipinski definition) is 6. The quantitative estimate of drug-likeness (QED) is 0.241. The lowest BCUT2D eigenvalue weighted by atomic mass is 10.3. The van der Waals surface area contributed by atoms with E-state index < -0.39 is 12.3 Å². The minimum absolute atomic E-state index is 0. The van der Waals surface area contributed by atoms with Gasteiger partial charge in [0.1, 0.15) is 0 Å². The molecule has 8 N–H and O–H groups in total. The lowest BCUT2D eigenvalue weighted by Crippen LogP contribution is -2.45. The van der Waals surface area contributed by atoms with Crippen molar-refractivity contribution in [3.8, 4) is 0 Å². The van der Waals surface area contributed by atoms with Crippen molar-refractivity contribution in [2.45, 2.75) is 33.6 Å². The topological polar surface area (TPSA) is 117 Å². The van der Waals surface area contributed by atoms with E-state index in [0.29, 0.717) is 0 Å². The molecule has 0 rings (SSSR count). The van der Waals surface area contributed by atoms with Crippen LogP contribution in [-0.4, -0.2) is 22.7 Å². The first-order chi connectivity index (χ1) is 4.20. The number of hydrogen-bond acceptors (Lipinski definition) is 6. The number of hydroxylamine groups is 2. The summed E-state index contributed by atoms with van der Waals surface area (Å²) in [6, 6.07) is 0. The lowest BCUT2D eigenvalue weighted by Gasteiger charge is -2.13. The highest BCUT2D eigenvalue weighted by molar-refractivity contribution is 4.59. The molecule has 0 aliphatic rings. The van der Waals surface area contributed by atoms with Crippen LogP contribution < -0.4 is 22.4 Å². The average Bonchev–Trinajstić information content (AvgIpc) is 1.87. The maximum Gasteiger partial charge on any atom is 0.0813 e. The Kier molecular flexibility index (Phi) is 15.1. The predicted molar refractivity (Wildman–Crippen MR) is 43.9 cm³/mol. The van der Waals surface area contributed by atoms with Gasteiger partial charge in [-0.2, -0.15) is 11.0 Å². The first-order valence-electron chi connectivity index (χ1n) is 2.51. The van der Waals surface area contributed by atoms with E-state index in [2.05, 4.69) is 0 Å². The summed E-state index contributed by atoms with van der Waals surface area (Å²) in [5.41, 5.74) is 13.9. The standard InChI is InChI=1S/C3H12N4O2.2CH4/c4-2(6-8)1-3(5)7-9;;/h2-3,6-9H,1,4-5H2;2*1H4.